The molecule has 0 aromatic heterocycles. The number of hydrogen-bond donors (Lipinski definition) is 1. The number of rotatable bonds is 1. The third-order valence-corrected chi connectivity index (χ3v) is 3.85. The molecule has 1 radical (unpaired) electrons. The molecule has 0 bridgehead atoms. The van der Waals surface area contributed by atoms with Crippen LogP contribution in [0.4, 0.5) is 0 Å². The van der Waals surface area contributed by atoms with Gasteiger partial charge in [0, 0.05) is 0 Å². The quantitative estimate of drug-likeness (QED) is 0.722. The Bertz CT molecular complexity index is 312. The van der Waals surface area contributed by atoms with Gasteiger partial charge in [-0.1, -0.05) is 12.8 Å². The second-order valence-electron chi connectivity index (χ2n) is 5.20. The summed E-state index contributed by atoms with van der Waals surface area (Å²) >= 11 is 0. The summed E-state index contributed by atoms with van der Waals surface area (Å²) in [6.45, 7) is 3.05. The Kier molecular flexibility index (Phi) is 2.50. The molecule has 91 valence electrons. The first-order chi connectivity index (χ1) is 7.34. The van der Waals surface area contributed by atoms with E-state index >= 15 is 0 Å². The molecule has 2 aliphatic rings. The van der Waals surface area contributed by atoms with Gasteiger partial charge in [-0.3, -0.25) is 4.79 Å². The number of hydrogen-bond acceptors (Lipinski definition) is 4. The SMILES string of the molecule is CC1(C)C(C(=O)O)N([O-])C2(CCCC2)N1[O]. The number of aliphatic carboxylic acids is 1. The Morgan fingerprint density at radius 2 is 1.88 bits per heavy atom. The summed E-state index contributed by atoms with van der Waals surface area (Å²) in [5.74, 6) is -1.22. The van der Waals surface area contributed by atoms with Gasteiger partial charge < -0.3 is 15.4 Å². The molecule has 0 aromatic rings. The monoisotopic (exact) mass is 228 g/mol. The summed E-state index contributed by atoms with van der Waals surface area (Å²) < 4.78 is 0. The lowest BCUT2D eigenvalue weighted by Crippen LogP contribution is -2.50. The Morgan fingerprint density at radius 1 is 1.38 bits per heavy atom. The maximum absolute atomic E-state index is 12.2. The van der Waals surface area contributed by atoms with Crippen molar-refractivity contribution in [3.05, 3.63) is 5.21 Å². The molecule has 1 unspecified atom stereocenters. The van der Waals surface area contributed by atoms with Crippen LogP contribution in [0.25, 0.3) is 0 Å². The van der Waals surface area contributed by atoms with Crippen LogP contribution in [-0.4, -0.2) is 38.4 Å². The van der Waals surface area contributed by atoms with Crippen LogP contribution in [-0.2, 0) is 10.0 Å². The van der Waals surface area contributed by atoms with Gasteiger partial charge >= 0.3 is 5.97 Å². The lowest BCUT2D eigenvalue weighted by molar-refractivity contribution is -0.265. The van der Waals surface area contributed by atoms with Gasteiger partial charge in [0.15, 0.2) is 0 Å². The first-order valence-electron chi connectivity index (χ1n) is 5.51. The molecule has 1 spiro atoms. The van der Waals surface area contributed by atoms with Crippen LogP contribution in [0.15, 0.2) is 0 Å². The molecule has 6 nitrogen and oxygen atoms in total. The van der Waals surface area contributed by atoms with Crippen LogP contribution in [0.1, 0.15) is 39.5 Å². The summed E-state index contributed by atoms with van der Waals surface area (Å²) in [6, 6.07) is -1.27. The zero-order chi connectivity index (χ0) is 12.1. The molecule has 1 aliphatic carbocycles. The van der Waals surface area contributed by atoms with Crippen LogP contribution < -0.4 is 0 Å². The maximum Gasteiger partial charge on any atom is 0.322 e. The highest BCUT2D eigenvalue weighted by atomic mass is 16.6. The van der Waals surface area contributed by atoms with Gasteiger partial charge in [-0.2, -0.15) is 0 Å². The topological polar surface area (TPSA) is 86.7 Å². The summed E-state index contributed by atoms with van der Waals surface area (Å²) in [5, 5.41) is 34.6. The third-order valence-electron chi connectivity index (χ3n) is 3.85. The molecule has 1 saturated heterocycles. The first-order valence-corrected chi connectivity index (χ1v) is 5.51. The van der Waals surface area contributed by atoms with Gasteiger partial charge in [0.05, 0.1) is 11.2 Å². The average Bonchev–Trinajstić information content (AvgIpc) is 2.69. The predicted molar refractivity (Wildman–Crippen MR) is 54.4 cm³/mol. The van der Waals surface area contributed by atoms with E-state index in [1.165, 1.54) is 13.8 Å². The van der Waals surface area contributed by atoms with Gasteiger partial charge in [-0.25, -0.2) is 0 Å². The molecule has 1 atom stereocenters. The second-order valence-corrected chi connectivity index (χ2v) is 5.20. The highest BCUT2D eigenvalue weighted by Crippen LogP contribution is 2.49. The van der Waals surface area contributed by atoms with Gasteiger partial charge in [0.25, 0.3) is 0 Å². The number of hydroxylamine groups is 4. The van der Waals surface area contributed by atoms with Crippen molar-refractivity contribution < 1.29 is 15.1 Å². The van der Waals surface area contributed by atoms with E-state index in [4.69, 9.17) is 5.11 Å². The van der Waals surface area contributed by atoms with Crippen LogP contribution >= 0.6 is 0 Å². The molecule has 16 heavy (non-hydrogen) atoms. The van der Waals surface area contributed by atoms with E-state index in [1.807, 2.05) is 0 Å². The zero-order valence-corrected chi connectivity index (χ0v) is 9.47. The smallest absolute Gasteiger partial charge is 0.322 e. The highest BCUT2D eigenvalue weighted by molar-refractivity contribution is 5.76. The molecule has 1 saturated carbocycles. The Morgan fingerprint density at radius 3 is 2.25 bits per heavy atom. The number of nitrogens with zero attached hydrogens (tertiary/aromatic N) is 2. The molecule has 0 amide bonds. The number of carboxylic acid groups (broad SMARTS) is 1. The molecule has 0 aromatic carbocycles. The van der Waals surface area contributed by atoms with E-state index in [0.717, 1.165) is 17.9 Å². The van der Waals surface area contributed by atoms with Gasteiger partial charge in [-0.15, -0.1) is 10.3 Å². The largest absolute Gasteiger partial charge is 0.783 e. The van der Waals surface area contributed by atoms with Gasteiger partial charge in [0.2, 0.25) is 0 Å². The molecule has 1 N–H and O–H groups in total. The minimum Gasteiger partial charge on any atom is -0.783 e. The van der Waals surface area contributed by atoms with Crippen LogP contribution in [0.3, 0.4) is 0 Å². The first kappa shape index (κ1) is 11.8. The van der Waals surface area contributed by atoms with Gasteiger partial charge in [0.1, 0.15) is 6.04 Å². The standard InChI is InChI=1S/C10H16N2O4/c1-9(2)7(8(13)14)11(15)10(12(9)16)5-3-4-6-10/h7H,3-6H2,1-2H3,(H,13,14)/q-1. The maximum atomic E-state index is 12.2. The Balaban J connectivity index is 2.42. The van der Waals surface area contributed by atoms with E-state index in [0.29, 0.717) is 17.9 Å². The van der Waals surface area contributed by atoms with Crippen LogP contribution in [0, 0.1) is 5.21 Å². The molecule has 6 heteroatoms. The molecule has 2 rings (SSSR count). The van der Waals surface area contributed by atoms with E-state index in [9.17, 15) is 15.2 Å². The highest BCUT2D eigenvalue weighted by Gasteiger charge is 2.61. The van der Waals surface area contributed by atoms with E-state index in [2.05, 4.69) is 0 Å². The van der Waals surface area contributed by atoms with Crippen LogP contribution in [0.5, 0.6) is 0 Å². The Labute approximate surface area is 94.0 Å². The molecule has 2 fully saturated rings. The molecular formula is C10H16N2O4-. The van der Waals surface area contributed by atoms with Crippen molar-refractivity contribution in [3.8, 4) is 0 Å². The number of carbonyl (C=O) groups is 1. The molecule has 1 aliphatic heterocycles. The summed E-state index contributed by atoms with van der Waals surface area (Å²) in [4.78, 5) is 11.1. The van der Waals surface area contributed by atoms with E-state index < -0.39 is 23.2 Å². The molecular weight excluding hydrogens is 212 g/mol. The van der Waals surface area contributed by atoms with Crippen molar-refractivity contribution in [1.82, 2.24) is 10.1 Å². The zero-order valence-electron chi connectivity index (χ0n) is 9.47. The average molecular weight is 228 g/mol. The van der Waals surface area contributed by atoms with E-state index in [-0.39, 0.29) is 0 Å². The van der Waals surface area contributed by atoms with E-state index in [1.54, 1.807) is 0 Å². The minimum absolute atomic E-state index is 0.465. The Hall–Kier alpha value is -0.690. The predicted octanol–water partition coefficient (Wildman–Crippen LogP) is 0.949. The second kappa shape index (κ2) is 3.40. The van der Waals surface area contributed by atoms with Crippen molar-refractivity contribution in [2.24, 2.45) is 0 Å². The van der Waals surface area contributed by atoms with Crippen molar-refractivity contribution in [3.63, 3.8) is 0 Å². The summed E-state index contributed by atoms with van der Waals surface area (Å²) in [6.07, 6.45) is 2.54. The van der Waals surface area contributed by atoms with Crippen molar-refractivity contribution in [2.75, 3.05) is 0 Å². The van der Waals surface area contributed by atoms with Crippen molar-refractivity contribution in [1.29, 1.82) is 0 Å². The summed E-state index contributed by atoms with van der Waals surface area (Å²) in [7, 11) is 0. The minimum atomic E-state index is -1.27. The van der Waals surface area contributed by atoms with Crippen molar-refractivity contribution in [2.45, 2.75) is 56.8 Å². The normalized spacial score (nSPS) is 33.6. The summed E-state index contributed by atoms with van der Waals surface area (Å²) in [5.41, 5.74) is -2.30. The lowest BCUT2D eigenvalue weighted by Gasteiger charge is -2.42. The fourth-order valence-electron chi connectivity index (χ4n) is 3.03. The molecule has 1 heterocycles. The lowest BCUT2D eigenvalue weighted by atomic mass is 9.96. The van der Waals surface area contributed by atoms with Gasteiger partial charge in [-0.05, 0) is 26.7 Å². The third kappa shape index (κ3) is 1.24. The fourth-order valence-corrected chi connectivity index (χ4v) is 3.03. The number of carboxylic acids is 1. The fraction of sp³-hybridized carbons (Fsp3) is 0.900. The van der Waals surface area contributed by atoms with Crippen molar-refractivity contribution >= 4 is 5.97 Å². The van der Waals surface area contributed by atoms with Crippen LogP contribution in [0.2, 0.25) is 0 Å².